The van der Waals surface area contributed by atoms with Crippen molar-refractivity contribution in [3.8, 4) is 0 Å². The summed E-state index contributed by atoms with van der Waals surface area (Å²) in [6.07, 6.45) is 0.954. The van der Waals surface area contributed by atoms with Crippen LogP contribution in [0.1, 0.15) is 22.3 Å². The minimum absolute atomic E-state index is 0.193. The first-order valence-corrected chi connectivity index (χ1v) is 5.56. The van der Waals surface area contributed by atoms with Crippen LogP contribution in [0.15, 0.2) is 18.2 Å². The fourth-order valence-corrected chi connectivity index (χ4v) is 2.09. The molecule has 1 aromatic rings. The van der Waals surface area contributed by atoms with Gasteiger partial charge in [0.05, 0.1) is 5.56 Å². The second-order valence-corrected chi connectivity index (χ2v) is 4.40. The maximum atomic E-state index is 13.4. The van der Waals surface area contributed by atoms with E-state index in [1.807, 2.05) is 0 Å². The average Bonchev–Trinajstić information content (AvgIpc) is 2.63. The van der Waals surface area contributed by atoms with Crippen molar-refractivity contribution in [1.29, 1.82) is 0 Å². The monoisotopic (exact) mass is 238 g/mol. The van der Waals surface area contributed by atoms with E-state index in [1.165, 1.54) is 12.1 Å². The average molecular weight is 238 g/mol. The molecule has 1 saturated heterocycles. The van der Waals surface area contributed by atoms with Crippen LogP contribution in [0.3, 0.4) is 0 Å². The number of carbonyl (C=O) groups is 1. The third-order valence-corrected chi connectivity index (χ3v) is 2.98. The lowest BCUT2D eigenvalue weighted by atomic mass is 10.1. The lowest BCUT2D eigenvalue weighted by Gasteiger charge is -2.15. The lowest BCUT2D eigenvalue weighted by Crippen LogP contribution is -2.26. The van der Waals surface area contributed by atoms with Crippen LogP contribution >= 0.6 is 0 Å². The van der Waals surface area contributed by atoms with Crippen molar-refractivity contribution >= 4 is 5.97 Å². The Morgan fingerprint density at radius 1 is 1.59 bits per heavy atom. The maximum absolute atomic E-state index is 13.4. The van der Waals surface area contributed by atoms with Crippen LogP contribution in [0.5, 0.6) is 0 Å². The summed E-state index contributed by atoms with van der Waals surface area (Å²) in [6, 6.07) is 4.44. The van der Waals surface area contributed by atoms with Crippen LogP contribution in [-0.4, -0.2) is 35.1 Å². The zero-order valence-corrected chi connectivity index (χ0v) is 9.40. The molecule has 2 rings (SSSR count). The van der Waals surface area contributed by atoms with E-state index >= 15 is 0 Å². The molecular formula is C12H15FN2O2. The number of likely N-dealkylation sites (tertiary alicyclic amines) is 1. The summed E-state index contributed by atoms with van der Waals surface area (Å²) in [5.74, 6) is -1.92. The van der Waals surface area contributed by atoms with E-state index < -0.39 is 11.8 Å². The van der Waals surface area contributed by atoms with Crippen molar-refractivity contribution < 1.29 is 14.3 Å². The third kappa shape index (κ3) is 2.81. The Morgan fingerprint density at radius 2 is 2.35 bits per heavy atom. The van der Waals surface area contributed by atoms with Gasteiger partial charge in [0.1, 0.15) is 5.82 Å². The molecule has 3 N–H and O–H groups in total. The van der Waals surface area contributed by atoms with Crippen LogP contribution in [0.2, 0.25) is 0 Å². The summed E-state index contributed by atoms with van der Waals surface area (Å²) in [5, 5.41) is 8.71. The van der Waals surface area contributed by atoms with Gasteiger partial charge < -0.3 is 10.8 Å². The van der Waals surface area contributed by atoms with Gasteiger partial charge in [-0.3, -0.25) is 4.90 Å². The molecule has 5 heteroatoms. The van der Waals surface area contributed by atoms with Crippen molar-refractivity contribution in [2.45, 2.75) is 19.0 Å². The van der Waals surface area contributed by atoms with Crippen molar-refractivity contribution in [2.75, 3.05) is 13.1 Å². The highest BCUT2D eigenvalue weighted by Gasteiger charge is 2.19. The molecule has 1 heterocycles. The van der Waals surface area contributed by atoms with Gasteiger partial charge in [0.25, 0.3) is 0 Å². The number of carboxylic acid groups (broad SMARTS) is 1. The molecule has 0 saturated carbocycles. The Kier molecular flexibility index (Phi) is 3.40. The number of benzene rings is 1. The van der Waals surface area contributed by atoms with Gasteiger partial charge in [0.15, 0.2) is 0 Å². The summed E-state index contributed by atoms with van der Waals surface area (Å²) in [5.41, 5.74) is 6.27. The Hall–Kier alpha value is -1.46. The maximum Gasteiger partial charge on any atom is 0.338 e. The number of hydrogen-bond donors (Lipinski definition) is 2. The first-order chi connectivity index (χ1) is 8.06. The molecular weight excluding hydrogens is 223 g/mol. The van der Waals surface area contributed by atoms with Crippen molar-refractivity contribution in [1.82, 2.24) is 4.90 Å². The fraction of sp³-hybridized carbons (Fsp3) is 0.417. The van der Waals surface area contributed by atoms with E-state index in [0.717, 1.165) is 25.1 Å². The zero-order chi connectivity index (χ0) is 12.4. The molecule has 0 bridgehead atoms. The predicted octanol–water partition coefficient (Wildman–Crippen LogP) is 1.06. The summed E-state index contributed by atoms with van der Waals surface area (Å²) in [6.45, 7) is 2.33. The van der Waals surface area contributed by atoms with Crippen LogP contribution in [-0.2, 0) is 6.54 Å². The Bertz CT molecular complexity index is 437. The minimum atomic E-state index is -1.24. The first-order valence-electron chi connectivity index (χ1n) is 5.56. The molecule has 1 unspecified atom stereocenters. The fourth-order valence-electron chi connectivity index (χ4n) is 2.09. The molecule has 0 aromatic heterocycles. The summed E-state index contributed by atoms with van der Waals surface area (Å²) >= 11 is 0. The number of hydrogen-bond acceptors (Lipinski definition) is 3. The van der Waals surface area contributed by atoms with Gasteiger partial charge in [0, 0.05) is 25.7 Å². The Labute approximate surface area is 98.8 Å². The van der Waals surface area contributed by atoms with E-state index in [0.29, 0.717) is 6.54 Å². The first kappa shape index (κ1) is 12.0. The lowest BCUT2D eigenvalue weighted by molar-refractivity contribution is 0.0692. The Morgan fingerprint density at radius 3 is 2.88 bits per heavy atom. The largest absolute Gasteiger partial charge is 0.478 e. The number of aromatic carboxylic acids is 1. The smallest absolute Gasteiger partial charge is 0.338 e. The molecule has 4 nitrogen and oxygen atoms in total. The highest BCUT2D eigenvalue weighted by atomic mass is 19.1. The number of carboxylic acids is 1. The molecule has 1 aliphatic heterocycles. The van der Waals surface area contributed by atoms with Crippen LogP contribution < -0.4 is 5.73 Å². The number of halogens is 1. The highest BCUT2D eigenvalue weighted by molar-refractivity contribution is 5.87. The molecule has 1 aromatic carbocycles. The third-order valence-electron chi connectivity index (χ3n) is 2.98. The quantitative estimate of drug-likeness (QED) is 0.826. The topological polar surface area (TPSA) is 66.6 Å². The standard InChI is InChI=1S/C12H15FN2O2/c13-11-5-8(1-2-10(11)12(16)17)6-15-4-3-9(14)7-15/h1-2,5,9H,3-4,6-7,14H2,(H,16,17). The summed E-state index contributed by atoms with van der Waals surface area (Å²) < 4.78 is 13.4. The molecule has 1 fully saturated rings. The SMILES string of the molecule is NC1CCN(Cc2ccc(C(=O)O)c(F)c2)C1. The van der Waals surface area contributed by atoms with Gasteiger partial charge in [0.2, 0.25) is 0 Å². The number of nitrogens with two attached hydrogens (primary N) is 1. The second-order valence-electron chi connectivity index (χ2n) is 4.40. The van der Waals surface area contributed by atoms with E-state index in [2.05, 4.69) is 4.90 Å². The second kappa shape index (κ2) is 4.81. The highest BCUT2D eigenvalue weighted by Crippen LogP contribution is 2.15. The molecule has 0 aliphatic carbocycles. The molecule has 0 amide bonds. The van der Waals surface area contributed by atoms with E-state index in [-0.39, 0.29) is 11.6 Å². The molecule has 17 heavy (non-hydrogen) atoms. The molecule has 92 valence electrons. The van der Waals surface area contributed by atoms with Gasteiger partial charge >= 0.3 is 5.97 Å². The summed E-state index contributed by atoms with van der Waals surface area (Å²) in [7, 11) is 0. The van der Waals surface area contributed by atoms with Crippen LogP contribution in [0, 0.1) is 5.82 Å². The number of nitrogens with zero attached hydrogens (tertiary/aromatic N) is 1. The molecule has 1 aliphatic rings. The summed E-state index contributed by atoms with van der Waals surface area (Å²) in [4.78, 5) is 12.8. The van der Waals surface area contributed by atoms with Crippen molar-refractivity contribution in [3.05, 3.63) is 35.1 Å². The van der Waals surface area contributed by atoms with Crippen molar-refractivity contribution in [2.24, 2.45) is 5.73 Å². The predicted molar refractivity (Wildman–Crippen MR) is 61.2 cm³/mol. The van der Waals surface area contributed by atoms with Crippen LogP contribution in [0.25, 0.3) is 0 Å². The van der Waals surface area contributed by atoms with Gasteiger partial charge in [-0.1, -0.05) is 6.07 Å². The van der Waals surface area contributed by atoms with E-state index in [1.54, 1.807) is 6.07 Å². The Balaban J connectivity index is 2.07. The minimum Gasteiger partial charge on any atom is -0.478 e. The molecule has 1 atom stereocenters. The van der Waals surface area contributed by atoms with Gasteiger partial charge in [-0.25, -0.2) is 9.18 Å². The van der Waals surface area contributed by atoms with E-state index in [4.69, 9.17) is 10.8 Å². The molecule has 0 spiro atoms. The van der Waals surface area contributed by atoms with Gasteiger partial charge in [-0.15, -0.1) is 0 Å². The van der Waals surface area contributed by atoms with Crippen molar-refractivity contribution in [3.63, 3.8) is 0 Å². The number of rotatable bonds is 3. The van der Waals surface area contributed by atoms with Gasteiger partial charge in [-0.2, -0.15) is 0 Å². The van der Waals surface area contributed by atoms with Crippen LogP contribution in [0.4, 0.5) is 4.39 Å². The van der Waals surface area contributed by atoms with E-state index in [9.17, 15) is 9.18 Å². The van der Waals surface area contributed by atoms with Gasteiger partial charge in [-0.05, 0) is 24.1 Å². The molecule has 0 radical (unpaired) electrons. The normalized spacial score (nSPS) is 20.7. The zero-order valence-electron chi connectivity index (χ0n) is 9.40.